The van der Waals surface area contributed by atoms with Gasteiger partial charge in [0.05, 0.1) is 27.8 Å². The van der Waals surface area contributed by atoms with E-state index in [-0.39, 0.29) is 17.6 Å². The fourth-order valence-electron chi connectivity index (χ4n) is 3.52. The molecule has 2 aliphatic rings. The van der Waals surface area contributed by atoms with Crippen molar-refractivity contribution in [3.8, 4) is 16.9 Å². The number of amides is 2. The second-order valence-electron chi connectivity index (χ2n) is 6.85. The van der Waals surface area contributed by atoms with Crippen molar-refractivity contribution in [3.05, 3.63) is 87.2 Å². The zero-order valence-electron chi connectivity index (χ0n) is 15.9. The Morgan fingerprint density at radius 3 is 2.10 bits per heavy atom. The van der Waals surface area contributed by atoms with Crippen LogP contribution >= 0.6 is 23.2 Å². The van der Waals surface area contributed by atoms with Crippen LogP contribution in [0.2, 0.25) is 10.0 Å². The van der Waals surface area contributed by atoms with E-state index in [4.69, 9.17) is 27.9 Å². The van der Waals surface area contributed by atoms with Crippen LogP contribution in [-0.4, -0.2) is 30.4 Å². The minimum atomic E-state index is -0.301. The van der Waals surface area contributed by atoms with Crippen molar-refractivity contribution < 1.29 is 18.7 Å². The SMILES string of the molecule is CN1C(=O)c2ccccc2C1=O.Fc1cc2c(c(-c3c(Cl)cccc3Cl)c1)OCC2. The summed E-state index contributed by atoms with van der Waals surface area (Å²) in [6.45, 7) is 0.563. The minimum Gasteiger partial charge on any atom is -0.492 e. The molecule has 0 radical (unpaired) electrons. The molecule has 5 rings (SSSR count). The van der Waals surface area contributed by atoms with Crippen LogP contribution in [-0.2, 0) is 6.42 Å². The second-order valence-corrected chi connectivity index (χ2v) is 7.67. The molecule has 0 atom stereocenters. The summed E-state index contributed by atoms with van der Waals surface area (Å²) < 4.78 is 19.2. The number of imide groups is 1. The Balaban J connectivity index is 0.000000158. The number of hydrogen-bond donors (Lipinski definition) is 0. The van der Waals surface area contributed by atoms with Crippen LogP contribution in [0, 0.1) is 5.82 Å². The Morgan fingerprint density at radius 1 is 0.900 bits per heavy atom. The monoisotopic (exact) mass is 443 g/mol. The van der Waals surface area contributed by atoms with Gasteiger partial charge >= 0.3 is 0 Å². The van der Waals surface area contributed by atoms with Crippen molar-refractivity contribution >= 4 is 35.0 Å². The summed E-state index contributed by atoms with van der Waals surface area (Å²) in [5.74, 6) is -0.0390. The number of carbonyl (C=O) groups excluding carboxylic acids is 2. The van der Waals surface area contributed by atoms with E-state index in [0.29, 0.717) is 51.1 Å². The number of ether oxygens (including phenoxy) is 1. The van der Waals surface area contributed by atoms with Crippen molar-refractivity contribution in [1.29, 1.82) is 0 Å². The fourth-order valence-corrected chi connectivity index (χ4v) is 4.12. The maximum atomic E-state index is 13.6. The van der Waals surface area contributed by atoms with Crippen molar-refractivity contribution in [2.24, 2.45) is 0 Å². The van der Waals surface area contributed by atoms with Gasteiger partial charge in [0.2, 0.25) is 0 Å². The molecule has 0 N–H and O–H groups in total. The molecular formula is C23H16Cl2FNO3. The molecule has 0 bridgehead atoms. The number of hydrogen-bond acceptors (Lipinski definition) is 3. The summed E-state index contributed by atoms with van der Waals surface area (Å²) in [5, 5.41) is 0.983. The van der Waals surface area contributed by atoms with Gasteiger partial charge < -0.3 is 4.74 Å². The number of carbonyl (C=O) groups is 2. The third-order valence-corrected chi connectivity index (χ3v) is 5.61. The van der Waals surface area contributed by atoms with Crippen LogP contribution < -0.4 is 4.74 Å². The highest BCUT2D eigenvalue weighted by molar-refractivity contribution is 6.39. The standard InChI is InChI=1S/C14H9Cl2FO.C9H7NO2/c15-11-2-1-3-12(16)13(11)10-7-9(17)6-8-4-5-18-14(8)10;1-10-8(11)6-4-2-3-5-7(6)9(10)12/h1-3,6-7H,4-5H2;2-5H,1H3. The molecule has 7 heteroatoms. The van der Waals surface area contributed by atoms with Gasteiger partial charge in [-0.3, -0.25) is 14.5 Å². The first-order valence-corrected chi connectivity index (χ1v) is 9.95. The molecule has 0 saturated heterocycles. The van der Waals surface area contributed by atoms with Gasteiger partial charge in [0, 0.05) is 30.2 Å². The lowest BCUT2D eigenvalue weighted by molar-refractivity contribution is 0.0693. The molecule has 152 valence electrons. The Bertz CT molecular complexity index is 1120. The van der Waals surface area contributed by atoms with Crippen molar-refractivity contribution in [2.75, 3.05) is 13.7 Å². The summed E-state index contributed by atoms with van der Waals surface area (Å²) in [4.78, 5) is 23.8. The lowest BCUT2D eigenvalue weighted by Crippen LogP contribution is -2.24. The third kappa shape index (κ3) is 3.55. The van der Waals surface area contributed by atoms with Crippen LogP contribution in [0.25, 0.3) is 11.1 Å². The summed E-state index contributed by atoms with van der Waals surface area (Å²) in [6.07, 6.45) is 0.710. The Kier molecular flexibility index (Phi) is 5.50. The number of rotatable bonds is 1. The van der Waals surface area contributed by atoms with E-state index in [1.807, 2.05) is 0 Å². The van der Waals surface area contributed by atoms with Crippen molar-refractivity contribution in [2.45, 2.75) is 6.42 Å². The van der Waals surface area contributed by atoms with E-state index in [9.17, 15) is 14.0 Å². The molecule has 2 aliphatic heterocycles. The molecule has 2 amide bonds. The minimum absolute atomic E-state index is 0.212. The number of fused-ring (bicyclic) bond motifs is 2. The molecule has 0 saturated carbocycles. The van der Waals surface area contributed by atoms with E-state index in [0.717, 1.165) is 10.5 Å². The van der Waals surface area contributed by atoms with Gasteiger partial charge in [-0.25, -0.2) is 4.39 Å². The molecule has 3 aromatic carbocycles. The van der Waals surface area contributed by atoms with Crippen LogP contribution in [0.15, 0.2) is 54.6 Å². The maximum Gasteiger partial charge on any atom is 0.261 e. The van der Waals surface area contributed by atoms with E-state index in [1.165, 1.54) is 19.2 Å². The van der Waals surface area contributed by atoms with Gasteiger partial charge in [-0.15, -0.1) is 0 Å². The third-order valence-electron chi connectivity index (χ3n) is 4.98. The molecule has 0 spiro atoms. The first-order valence-electron chi connectivity index (χ1n) is 9.19. The summed E-state index contributed by atoms with van der Waals surface area (Å²) in [6, 6.07) is 15.0. The second kappa shape index (κ2) is 8.09. The predicted molar refractivity (Wildman–Crippen MR) is 114 cm³/mol. The van der Waals surface area contributed by atoms with Crippen LogP contribution in [0.1, 0.15) is 26.3 Å². The Morgan fingerprint density at radius 2 is 1.50 bits per heavy atom. The number of halogens is 3. The van der Waals surface area contributed by atoms with Gasteiger partial charge in [-0.2, -0.15) is 0 Å². The predicted octanol–water partition coefficient (Wildman–Crippen LogP) is 5.65. The smallest absolute Gasteiger partial charge is 0.261 e. The average molecular weight is 444 g/mol. The molecule has 0 unspecified atom stereocenters. The van der Waals surface area contributed by atoms with Gasteiger partial charge in [-0.1, -0.05) is 41.4 Å². The van der Waals surface area contributed by atoms with Gasteiger partial charge in [0.1, 0.15) is 11.6 Å². The first kappa shape index (κ1) is 20.4. The molecule has 30 heavy (non-hydrogen) atoms. The summed E-state index contributed by atoms with van der Waals surface area (Å²) in [5.41, 5.74) is 3.12. The highest BCUT2D eigenvalue weighted by Crippen LogP contribution is 2.43. The first-order chi connectivity index (χ1) is 14.4. The molecule has 3 aromatic rings. The summed E-state index contributed by atoms with van der Waals surface area (Å²) in [7, 11) is 1.49. The normalized spacial score (nSPS) is 14.1. The van der Waals surface area contributed by atoms with E-state index >= 15 is 0 Å². The van der Waals surface area contributed by atoms with Crippen molar-refractivity contribution in [1.82, 2.24) is 4.90 Å². The lowest BCUT2D eigenvalue weighted by atomic mass is 10.0. The van der Waals surface area contributed by atoms with E-state index in [2.05, 4.69) is 0 Å². The topological polar surface area (TPSA) is 46.6 Å². The van der Waals surface area contributed by atoms with Gasteiger partial charge in [0.25, 0.3) is 11.8 Å². The largest absolute Gasteiger partial charge is 0.492 e. The van der Waals surface area contributed by atoms with Crippen LogP contribution in [0.5, 0.6) is 5.75 Å². The van der Waals surface area contributed by atoms with Crippen LogP contribution in [0.4, 0.5) is 4.39 Å². The summed E-state index contributed by atoms with van der Waals surface area (Å²) >= 11 is 12.3. The molecule has 4 nitrogen and oxygen atoms in total. The maximum absolute atomic E-state index is 13.6. The quantitative estimate of drug-likeness (QED) is 0.456. The zero-order chi connectivity index (χ0) is 21.4. The lowest BCUT2D eigenvalue weighted by Gasteiger charge is -2.11. The number of nitrogens with zero attached hydrogens (tertiary/aromatic N) is 1. The van der Waals surface area contributed by atoms with Gasteiger partial charge in [0.15, 0.2) is 0 Å². The fraction of sp³-hybridized carbons (Fsp3) is 0.130. The Labute approximate surface area is 182 Å². The highest BCUT2D eigenvalue weighted by atomic mass is 35.5. The van der Waals surface area contributed by atoms with Crippen molar-refractivity contribution in [3.63, 3.8) is 0 Å². The zero-order valence-corrected chi connectivity index (χ0v) is 17.4. The molecule has 2 heterocycles. The average Bonchev–Trinajstić information content (AvgIpc) is 3.28. The van der Waals surface area contributed by atoms with Gasteiger partial charge in [-0.05, 0) is 36.4 Å². The van der Waals surface area contributed by atoms with E-state index < -0.39 is 0 Å². The molecule has 0 fully saturated rings. The Hall–Kier alpha value is -2.89. The van der Waals surface area contributed by atoms with E-state index in [1.54, 1.807) is 42.5 Å². The molecular weight excluding hydrogens is 428 g/mol. The number of benzene rings is 3. The molecule has 0 aliphatic carbocycles. The molecule has 0 aromatic heterocycles. The van der Waals surface area contributed by atoms with Crippen LogP contribution in [0.3, 0.4) is 0 Å². The highest BCUT2D eigenvalue weighted by Gasteiger charge is 2.31.